The maximum absolute atomic E-state index is 8.85. The van der Waals surface area contributed by atoms with Crippen LogP contribution in [0.3, 0.4) is 0 Å². The van der Waals surface area contributed by atoms with Gasteiger partial charge >= 0.3 is 0 Å². The molecule has 0 heterocycles. The van der Waals surface area contributed by atoms with Crippen molar-refractivity contribution in [3.05, 3.63) is 54.1 Å². The quantitative estimate of drug-likeness (QED) is 0.458. The van der Waals surface area contributed by atoms with Gasteiger partial charge in [-0.1, -0.05) is 70.2 Å². The summed E-state index contributed by atoms with van der Waals surface area (Å²) in [5, 5.41) is 8.85. The summed E-state index contributed by atoms with van der Waals surface area (Å²) in [5.74, 6) is 1.79. The van der Waals surface area contributed by atoms with E-state index in [0.717, 1.165) is 35.8 Å². The topological polar surface area (TPSA) is 33.0 Å². The van der Waals surface area contributed by atoms with Gasteiger partial charge in [-0.05, 0) is 47.7 Å². The normalized spacial score (nSPS) is 11.7. The van der Waals surface area contributed by atoms with Crippen molar-refractivity contribution in [2.45, 2.75) is 52.4 Å². The standard InChI is InChI=1S/C23H29NO/c1-3-19(2)8-6-4-5-7-17-25-23-15-13-22(14-16-23)21-11-9-20(18-24)10-12-21/h9-16,19H,3-8,17H2,1-2H3/t19-/m0/s1. The second kappa shape index (κ2) is 10.6. The van der Waals surface area contributed by atoms with Crippen molar-refractivity contribution in [3.63, 3.8) is 0 Å². The van der Waals surface area contributed by atoms with Crippen LogP contribution in [0.2, 0.25) is 0 Å². The zero-order valence-electron chi connectivity index (χ0n) is 15.5. The monoisotopic (exact) mass is 335 g/mol. The summed E-state index contributed by atoms with van der Waals surface area (Å²) in [4.78, 5) is 0. The predicted molar refractivity (Wildman–Crippen MR) is 105 cm³/mol. The molecule has 0 saturated carbocycles. The minimum atomic E-state index is 0.688. The molecule has 0 aromatic heterocycles. The molecule has 132 valence electrons. The molecule has 0 N–H and O–H groups in total. The highest BCUT2D eigenvalue weighted by Crippen LogP contribution is 2.23. The van der Waals surface area contributed by atoms with E-state index in [1.165, 1.54) is 32.1 Å². The Morgan fingerprint density at radius 3 is 2.08 bits per heavy atom. The van der Waals surface area contributed by atoms with Gasteiger partial charge in [-0.3, -0.25) is 0 Å². The molecule has 0 radical (unpaired) electrons. The molecule has 0 saturated heterocycles. The van der Waals surface area contributed by atoms with E-state index in [9.17, 15) is 0 Å². The Balaban J connectivity index is 1.69. The van der Waals surface area contributed by atoms with Crippen LogP contribution in [0.25, 0.3) is 11.1 Å². The zero-order chi connectivity index (χ0) is 17.9. The minimum absolute atomic E-state index is 0.688. The van der Waals surface area contributed by atoms with Crippen LogP contribution in [0.1, 0.15) is 57.9 Å². The summed E-state index contributed by atoms with van der Waals surface area (Å²) < 4.78 is 5.84. The fourth-order valence-corrected chi connectivity index (χ4v) is 2.82. The highest BCUT2D eigenvalue weighted by Gasteiger charge is 2.01. The molecule has 2 heteroatoms. The first-order valence-electron chi connectivity index (χ1n) is 9.46. The SMILES string of the molecule is CC[C@H](C)CCCCCCOc1ccc(-c2ccc(C#N)cc2)cc1. The molecule has 25 heavy (non-hydrogen) atoms. The van der Waals surface area contributed by atoms with Gasteiger partial charge in [0.25, 0.3) is 0 Å². The average molecular weight is 335 g/mol. The molecule has 0 fully saturated rings. The lowest BCUT2D eigenvalue weighted by Crippen LogP contribution is -1.98. The summed E-state index contributed by atoms with van der Waals surface area (Å²) >= 11 is 0. The van der Waals surface area contributed by atoms with Crippen molar-refractivity contribution >= 4 is 0 Å². The van der Waals surface area contributed by atoms with E-state index in [-0.39, 0.29) is 0 Å². The van der Waals surface area contributed by atoms with E-state index < -0.39 is 0 Å². The lowest BCUT2D eigenvalue weighted by atomic mass is 10.0. The van der Waals surface area contributed by atoms with Crippen LogP contribution < -0.4 is 4.74 Å². The Hall–Kier alpha value is -2.27. The Morgan fingerprint density at radius 1 is 0.880 bits per heavy atom. The molecule has 0 spiro atoms. The Labute approximate surface area is 152 Å². The molecule has 0 bridgehead atoms. The second-order valence-electron chi connectivity index (χ2n) is 6.78. The molecule has 2 nitrogen and oxygen atoms in total. The van der Waals surface area contributed by atoms with Crippen LogP contribution in [0.15, 0.2) is 48.5 Å². The highest BCUT2D eigenvalue weighted by molar-refractivity contribution is 5.64. The molecule has 0 aliphatic carbocycles. The van der Waals surface area contributed by atoms with E-state index in [1.807, 2.05) is 36.4 Å². The maximum Gasteiger partial charge on any atom is 0.119 e. The number of ether oxygens (including phenoxy) is 1. The molecule has 1 atom stereocenters. The van der Waals surface area contributed by atoms with Crippen molar-refractivity contribution in [2.24, 2.45) is 5.92 Å². The van der Waals surface area contributed by atoms with Crippen LogP contribution in [0, 0.1) is 17.2 Å². The molecule has 0 unspecified atom stereocenters. The third kappa shape index (κ3) is 6.63. The van der Waals surface area contributed by atoms with Crippen molar-refractivity contribution in [1.82, 2.24) is 0 Å². The molecular weight excluding hydrogens is 306 g/mol. The Morgan fingerprint density at radius 2 is 1.48 bits per heavy atom. The van der Waals surface area contributed by atoms with Gasteiger partial charge in [0, 0.05) is 0 Å². The van der Waals surface area contributed by atoms with Crippen LogP contribution >= 0.6 is 0 Å². The first-order chi connectivity index (χ1) is 12.2. The van der Waals surface area contributed by atoms with Crippen LogP contribution in [0.5, 0.6) is 5.75 Å². The van der Waals surface area contributed by atoms with Gasteiger partial charge in [-0.15, -0.1) is 0 Å². The van der Waals surface area contributed by atoms with E-state index in [4.69, 9.17) is 10.00 Å². The number of unbranched alkanes of at least 4 members (excludes halogenated alkanes) is 3. The summed E-state index contributed by atoms with van der Waals surface area (Å²) in [6, 6.07) is 18.0. The smallest absolute Gasteiger partial charge is 0.119 e. The predicted octanol–water partition coefficient (Wildman–Crippen LogP) is 6.60. The molecule has 2 rings (SSSR count). The summed E-state index contributed by atoms with van der Waals surface area (Å²) in [6.45, 7) is 5.40. The lowest BCUT2D eigenvalue weighted by Gasteiger charge is -2.09. The fourth-order valence-electron chi connectivity index (χ4n) is 2.82. The highest BCUT2D eigenvalue weighted by atomic mass is 16.5. The van der Waals surface area contributed by atoms with Crippen LogP contribution in [-0.4, -0.2) is 6.61 Å². The molecular formula is C23H29NO. The van der Waals surface area contributed by atoms with Crippen LogP contribution in [0.4, 0.5) is 0 Å². The number of hydrogen-bond donors (Lipinski definition) is 0. The van der Waals surface area contributed by atoms with E-state index in [1.54, 1.807) is 0 Å². The van der Waals surface area contributed by atoms with Crippen LogP contribution in [-0.2, 0) is 0 Å². The summed E-state index contributed by atoms with van der Waals surface area (Å²) in [5.41, 5.74) is 2.95. The minimum Gasteiger partial charge on any atom is -0.494 e. The second-order valence-corrected chi connectivity index (χ2v) is 6.78. The third-order valence-electron chi connectivity index (χ3n) is 4.76. The van der Waals surface area contributed by atoms with Gasteiger partial charge in [0.15, 0.2) is 0 Å². The number of rotatable bonds is 10. The van der Waals surface area contributed by atoms with Gasteiger partial charge in [-0.2, -0.15) is 5.26 Å². The van der Waals surface area contributed by atoms with E-state index >= 15 is 0 Å². The van der Waals surface area contributed by atoms with Gasteiger partial charge in [0.05, 0.1) is 18.2 Å². The third-order valence-corrected chi connectivity index (χ3v) is 4.76. The van der Waals surface area contributed by atoms with Crippen molar-refractivity contribution < 1.29 is 4.74 Å². The lowest BCUT2D eigenvalue weighted by molar-refractivity contribution is 0.303. The van der Waals surface area contributed by atoms with Crippen molar-refractivity contribution in [1.29, 1.82) is 5.26 Å². The number of benzene rings is 2. The Kier molecular flexibility index (Phi) is 8.05. The largest absolute Gasteiger partial charge is 0.494 e. The van der Waals surface area contributed by atoms with E-state index in [0.29, 0.717) is 5.56 Å². The van der Waals surface area contributed by atoms with Crippen molar-refractivity contribution in [3.8, 4) is 22.9 Å². The molecule has 0 amide bonds. The Bertz CT molecular complexity index is 652. The van der Waals surface area contributed by atoms with Gasteiger partial charge < -0.3 is 4.74 Å². The molecule has 2 aromatic rings. The number of hydrogen-bond acceptors (Lipinski definition) is 2. The van der Waals surface area contributed by atoms with E-state index in [2.05, 4.69) is 32.0 Å². The summed E-state index contributed by atoms with van der Waals surface area (Å²) in [6.07, 6.45) is 7.67. The first kappa shape index (κ1) is 19.1. The van der Waals surface area contributed by atoms with Crippen molar-refractivity contribution in [2.75, 3.05) is 6.61 Å². The first-order valence-corrected chi connectivity index (χ1v) is 9.46. The van der Waals surface area contributed by atoms with Gasteiger partial charge in [0.2, 0.25) is 0 Å². The maximum atomic E-state index is 8.85. The number of nitrogens with zero attached hydrogens (tertiary/aromatic N) is 1. The number of nitriles is 1. The fraction of sp³-hybridized carbons (Fsp3) is 0.435. The zero-order valence-corrected chi connectivity index (χ0v) is 15.5. The van der Waals surface area contributed by atoms with Gasteiger partial charge in [-0.25, -0.2) is 0 Å². The average Bonchev–Trinajstić information content (AvgIpc) is 2.67. The molecule has 0 aliphatic heterocycles. The molecule has 0 aliphatic rings. The van der Waals surface area contributed by atoms with Gasteiger partial charge in [0.1, 0.15) is 5.75 Å². The summed E-state index contributed by atoms with van der Waals surface area (Å²) in [7, 11) is 0. The molecule has 2 aromatic carbocycles.